The molecule has 0 radical (unpaired) electrons. The number of benzene rings is 1. The molecule has 2 heterocycles. The van der Waals surface area contributed by atoms with Gasteiger partial charge in [0.2, 0.25) is 0 Å². The summed E-state index contributed by atoms with van der Waals surface area (Å²) < 4.78 is 17.1. The van der Waals surface area contributed by atoms with Crippen LogP contribution in [0.5, 0.6) is 5.75 Å². The first-order chi connectivity index (χ1) is 10.6. The second-order valence-corrected chi connectivity index (χ2v) is 6.00. The van der Waals surface area contributed by atoms with E-state index in [1.807, 2.05) is 36.9 Å². The summed E-state index contributed by atoms with van der Waals surface area (Å²) in [5.74, 6) is 0.395. The quantitative estimate of drug-likeness (QED) is 0.857. The number of ether oxygens (including phenoxy) is 3. The van der Waals surface area contributed by atoms with Gasteiger partial charge in [0, 0.05) is 25.9 Å². The van der Waals surface area contributed by atoms with Crippen molar-refractivity contribution in [3.05, 3.63) is 29.3 Å². The average Bonchev–Trinajstić information content (AvgIpc) is 2.95. The van der Waals surface area contributed by atoms with Gasteiger partial charge in [0.15, 0.2) is 12.4 Å². The third-order valence-electron chi connectivity index (χ3n) is 4.44. The average molecular weight is 305 g/mol. The Morgan fingerprint density at radius 1 is 1.18 bits per heavy atom. The van der Waals surface area contributed by atoms with Crippen LogP contribution in [0.25, 0.3) is 0 Å². The maximum atomic E-state index is 12.3. The fraction of sp³-hybridized carbons (Fsp3) is 0.588. The van der Waals surface area contributed by atoms with Crippen molar-refractivity contribution in [1.29, 1.82) is 0 Å². The number of amides is 1. The molecule has 2 aliphatic rings. The molecule has 120 valence electrons. The van der Waals surface area contributed by atoms with Gasteiger partial charge in [-0.05, 0) is 25.0 Å². The normalized spacial score (nSPS) is 20.4. The molecule has 2 saturated heterocycles. The van der Waals surface area contributed by atoms with Crippen LogP contribution < -0.4 is 4.74 Å². The van der Waals surface area contributed by atoms with Crippen molar-refractivity contribution in [2.24, 2.45) is 0 Å². The van der Waals surface area contributed by atoms with Gasteiger partial charge in [-0.3, -0.25) is 4.79 Å². The van der Waals surface area contributed by atoms with Gasteiger partial charge in [-0.15, -0.1) is 0 Å². The van der Waals surface area contributed by atoms with Gasteiger partial charge < -0.3 is 19.1 Å². The van der Waals surface area contributed by atoms with Crippen molar-refractivity contribution >= 4 is 5.91 Å². The predicted octanol–water partition coefficient (Wildman–Crippen LogP) is 2.05. The highest BCUT2D eigenvalue weighted by Gasteiger charge is 2.40. The SMILES string of the molecule is Cc1cccc(C)c1OCC(=O)N1CCC2(CC1)OCCO2. The Morgan fingerprint density at radius 3 is 2.36 bits per heavy atom. The Bertz CT molecular complexity index is 521. The summed E-state index contributed by atoms with van der Waals surface area (Å²) in [6, 6.07) is 5.98. The van der Waals surface area contributed by atoms with E-state index in [0.29, 0.717) is 26.3 Å². The van der Waals surface area contributed by atoms with E-state index in [-0.39, 0.29) is 12.5 Å². The van der Waals surface area contributed by atoms with E-state index in [1.165, 1.54) is 0 Å². The Labute approximate surface area is 131 Å². The lowest BCUT2D eigenvalue weighted by Crippen LogP contribution is -2.48. The molecule has 5 nitrogen and oxygen atoms in total. The lowest BCUT2D eigenvalue weighted by atomic mass is 10.0. The van der Waals surface area contributed by atoms with Gasteiger partial charge in [0.05, 0.1) is 13.2 Å². The lowest BCUT2D eigenvalue weighted by Gasteiger charge is -2.37. The van der Waals surface area contributed by atoms with Crippen LogP contribution in [0.15, 0.2) is 18.2 Å². The molecule has 0 bridgehead atoms. The summed E-state index contributed by atoms with van der Waals surface area (Å²) in [6.45, 7) is 6.70. The number of carbonyl (C=O) groups excluding carboxylic acids is 1. The first-order valence-corrected chi connectivity index (χ1v) is 7.84. The zero-order chi connectivity index (χ0) is 15.6. The third-order valence-corrected chi connectivity index (χ3v) is 4.44. The Kier molecular flexibility index (Phi) is 4.36. The van der Waals surface area contributed by atoms with Crippen LogP contribution in [0.4, 0.5) is 0 Å². The molecule has 3 rings (SSSR count). The van der Waals surface area contributed by atoms with E-state index in [1.54, 1.807) is 0 Å². The molecule has 1 spiro atoms. The minimum atomic E-state index is -0.440. The minimum absolute atomic E-state index is 0.0236. The molecule has 5 heteroatoms. The summed E-state index contributed by atoms with van der Waals surface area (Å²) in [7, 11) is 0. The summed E-state index contributed by atoms with van der Waals surface area (Å²) in [6.07, 6.45) is 1.48. The molecule has 22 heavy (non-hydrogen) atoms. The van der Waals surface area contributed by atoms with Crippen LogP contribution in [0.2, 0.25) is 0 Å². The van der Waals surface area contributed by atoms with Crippen LogP contribution in [0, 0.1) is 13.8 Å². The van der Waals surface area contributed by atoms with Gasteiger partial charge in [0.1, 0.15) is 5.75 Å². The standard InChI is InChI=1S/C17H23NO4/c1-13-4-3-5-14(2)16(13)20-12-15(19)18-8-6-17(7-9-18)21-10-11-22-17/h3-5H,6-12H2,1-2H3. The largest absolute Gasteiger partial charge is 0.483 e. The Morgan fingerprint density at radius 2 is 1.77 bits per heavy atom. The van der Waals surface area contributed by atoms with Crippen molar-refractivity contribution in [1.82, 2.24) is 4.90 Å². The first kappa shape index (κ1) is 15.3. The lowest BCUT2D eigenvalue weighted by molar-refractivity contribution is -0.187. The van der Waals surface area contributed by atoms with Crippen LogP contribution in [-0.2, 0) is 14.3 Å². The maximum absolute atomic E-state index is 12.3. The molecule has 1 amide bonds. The maximum Gasteiger partial charge on any atom is 0.260 e. The van der Waals surface area contributed by atoms with E-state index in [4.69, 9.17) is 14.2 Å². The molecule has 1 aromatic rings. The first-order valence-electron chi connectivity index (χ1n) is 7.84. The van der Waals surface area contributed by atoms with Crippen LogP contribution in [0.1, 0.15) is 24.0 Å². The number of hydrogen-bond acceptors (Lipinski definition) is 4. The number of rotatable bonds is 3. The highest BCUT2D eigenvalue weighted by Crippen LogP contribution is 2.31. The van der Waals surface area contributed by atoms with E-state index in [0.717, 1.165) is 29.7 Å². The molecule has 0 aliphatic carbocycles. The third kappa shape index (κ3) is 3.10. The molecule has 2 aliphatic heterocycles. The van der Waals surface area contributed by atoms with Crippen LogP contribution in [0.3, 0.4) is 0 Å². The molecule has 0 atom stereocenters. The van der Waals surface area contributed by atoms with Gasteiger partial charge in [0.25, 0.3) is 5.91 Å². The second kappa shape index (κ2) is 6.26. The number of likely N-dealkylation sites (tertiary alicyclic amines) is 1. The molecule has 0 unspecified atom stereocenters. The number of piperidine rings is 1. The number of para-hydroxylation sites is 1. The smallest absolute Gasteiger partial charge is 0.260 e. The van der Waals surface area contributed by atoms with Crippen molar-refractivity contribution in [3.8, 4) is 5.75 Å². The Balaban J connectivity index is 1.53. The zero-order valence-corrected chi connectivity index (χ0v) is 13.3. The highest BCUT2D eigenvalue weighted by molar-refractivity contribution is 5.78. The molecule has 0 saturated carbocycles. The number of nitrogens with zero attached hydrogens (tertiary/aromatic N) is 1. The van der Waals surface area contributed by atoms with E-state index < -0.39 is 5.79 Å². The molecule has 1 aromatic carbocycles. The minimum Gasteiger partial charge on any atom is -0.483 e. The second-order valence-electron chi connectivity index (χ2n) is 6.00. The monoisotopic (exact) mass is 305 g/mol. The van der Waals surface area contributed by atoms with Gasteiger partial charge >= 0.3 is 0 Å². The molecule has 0 aromatic heterocycles. The summed E-state index contributed by atoms with van der Waals surface area (Å²) in [5.41, 5.74) is 2.11. The summed E-state index contributed by atoms with van der Waals surface area (Å²) in [4.78, 5) is 14.2. The Hall–Kier alpha value is -1.59. The van der Waals surface area contributed by atoms with Gasteiger partial charge in [-0.1, -0.05) is 18.2 Å². The van der Waals surface area contributed by atoms with Crippen LogP contribution >= 0.6 is 0 Å². The van der Waals surface area contributed by atoms with E-state index >= 15 is 0 Å². The van der Waals surface area contributed by atoms with E-state index in [2.05, 4.69) is 0 Å². The van der Waals surface area contributed by atoms with Crippen LogP contribution in [-0.4, -0.2) is 49.5 Å². The number of aryl methyl sites for hydroxylation is 2. The molecular weight excluding hydrogens is 282 g/mol. The fourth-order valence-corrected chi connectivity index (χ4v) is 3.13. The van der Waals surface area contributed by atoms with Crippen molar-refractivity contribution in [2.45, 2.75) is 32.5 Å². The van der Waals surface area contributed by atoms with Crippen molar-refractivity contribution in [2.75, 3.05) is 32.9 Å². The van der Waals surface area contributed by atoms with E-state index in [9.17, 15) is 4.79 Å². The predicted molar refractivity (Wildman–Crippen MR) is 81.9 cm³/mol. The summed E-state index contributed by atoms with van der Waals surface area (Å²) >= 11 is 0. The zero-order valence-electron chi connectivity index (χ0n) is 13.3. The van der Waals surface area contributed by atoms with Gasteiger partial charge in [-0.25, -0.2) is 0 Å². The number of hydrogen-bond donors (Lipinski definition) is 0. The highest BCUT2D eigenvalue weighted by atomic mass is 16.7. The summed E-state index contributed by atoms with van der Waals surface area (Å²) in [5, 5.41) is 0. The molecule has 0 N–H and O–H groups in total. The number of carbonyl (C=O) groups is 1. The van der Waals surface area contributed by atoms with Crippen molar-refractivity contribution in [3.63, 3.8) is 0 Å². The molecule has 2 fully saturated rings. The van der Waals surface area contributed by atoms with Crippen molar-refractivity contribution < 1.29 is 19.0 Å². The van der Waals surface area contributed by atoms with Gasteiger partial charge in [-0.2, -0.15) is 0 Å². The molecular formula is C17H23NO4. The fourth-order valence-electron chi connectivity index (χ4n) is 3.13. The topological polar surface area (TPSA) is 48.0 Å².